The number of hydrogen-bond donors (Lipinski definition) is 2. The molecule has 1 aromatic carbocycles. The molecule has 0 unspecified atom stereocenters. The van der Waals surface area contributed by atoms with Crippen LogP contribution < -0.4 is 10.3 Å². The van der Waals surface area contributed by atoms with Crippen molar-refractivity contribution in [3.63, 3.8) is 0 Å². The molecule has 1 aromatic heterocycles. The van der Waals surface area contributed by atoms with E-state index in [1.54, 1.807) is 26.0 Å². The summed E-state index contributed by atoms with van der Waals surface area (Å²) in [6, 6.07) is 4.75. The van der Waals surface area contributed by atoms with Gasteiger partial charge in [-0.15, -0.1) is 0 Å². The summed E-state index contributed by atoms with van der Waals surface area (Å²) in [7, 11) is 0. The van der Waals surface area contributed by atoms with Crippen LogP contribution >= 0.6 is 0 Å². The summed E-state index contributed by atoms with van der Waals surface area (Å²) in [5.74, 6) is -0.167. The van der Waals surface area contributed by atoms with Crippen LogP contribution in [0.5, 0.6) is 5.75 Å². The van der Waals surface area contributed by atoms with Crippen LogP contribution in [-0.2, 0) is 6.42 Å². The van der Waals surface area contributed by atoms with E-state index in [2.05, 4.69) is 10.2 Å². The minimum Gasteiger partial charge on any atom is -0.491 e. The number of benzene rings is 1. The smallest absolute Gasteiger partial charge is 0.267 e. The Morgan fingerprint density at radius 1 is 1.33 bits per heavy atom. The van der Waals surface area contributed by atoms with Gasteiger partial charge in [-0.25, -0.2) is 4.39 Å². The zero-order chi connectivity index (χ0) is 13.1. The number of H-pyrrole nitrogens is 2. The van der Waals surface area contributed by atoms with Crippen LogP contribution in [0.3, 0.4) is 0 Å². The Hall–Kier alpha value is -2.04. The van der Waals surface area contributed by atoms with E-state index in [0.717, 1.165) is 11.3 Å². The van der Waals surface area contributed by atoms with Crippen LogP contribution in [0.25, 0.3) is 0 Å². The SMILES string of the molecule is CCOc1ccc(Cc2c(C)[nH][nH]c2=O)cc1F. The molecule has 0 aliphatic rings. The van der Waals surface area contributed by atoms with E-state index in [9.17, 15) is 9.18 Å². The average Bonchev–Trinajstić information content (AvgIpc) is 2.65. The third-order valence-electron chi connectivity index (χ3n) is 2.77. The van der Waals surface area contributed by atoms with Gasteiger partial charge in [0.1, 0.15) is 0 Å². The summed E-state index contributed by atoms with van der Waals surface area (Å²) in [5.41, 5.74) is 1.97. The van der Waals surface area contributed by atoms with Gasteiger partial charge in [-0.05, 0) is 31.5 Å². The Kier molecular flexibility index (Phi) is 3.50. The minimum atomic E-state index is -0.404. The molecule has 0 spiro atoms. The van der Waals surface area contributed by atoms with E-state index in [1.807, 2.05) is 0 Å². The fourth-order valence-corrected chi connectivity index (χ4v) is 1.82. The van der Waals surface area contributed by atoms with Crippen LogP contribution in [0, 0.1) is 12.7 Å². The molecule has 5 heteroatoms. The maximum Gasteiger partial charge on any atom is 0.267 e. The van der Waals surface area contributed by atoms with E-state index in [4.69, 9.17) is 4.74 Å². The summed E-state index contributed by atoms with van der Waals surface area (Å²) in [6.07, 6.45) is 0.397. The second-order valence-corrected chi connectivity index (χ2v) is 4.06. The molecule has 0 aliphatic heterocycles. The Labute approximate surface area is 104 Å². The number of aromatic nitrogens is 2. The van der Waals surface area contributed by atoms with Crippen LogP contribution in [0.2, 0.25) is 0 Å². The Bertz CT molecular complexity index is 601. The standard InChI is InChI=1S/C13H15FN2O2/c1-3-18-12-5-4-9(7-11(12)14)6-10-8(2)15-16-13(10)17/h4-5,7H,3,6H2,1-2H3,(H2,15,16,17). The number of nitrogens with one attached hydrogen (secondary N) is 2. The van der Waals surface area contributed by atoms with Crippen molar-refractivity contribution in [2.75, 3.05) is 6.61 Å². The molecule has 0 aliphatic carbocycles. The molecule has 0 atom stereocenters. The van der Waals surface area contributed by atoms with E-state index in [1.165, 1.54) is 6.07 Å². The van der Waals surface area contributed by atoms with Gasteiger partial charge in [0.2, 0.25) is 0 Å². The molecule has 0 bridgehead atoms. The lowest BCUT2D eigenvalue weighted by Gasteiger charge is -2.06. The van der Waals surface area contributed by atoms with E-state index >= 15 is 0 Å². The zero-order valence-corrected chi connectivity index (χ0v) is 10.3. The molecular formula is C13H15FN2O2. The maximum absolute atomic E-state index is 13.6. The zero-order valence-electron chi connectivity index (χ0n) is 10.3. The molecule has 2 aromatic rings. The molecular weight excluding hydrogens is 235 g/mol. The lowest BCUT2D eigenvalue weighted by Crippen LogP contribution is -2.07. The van der Waals surface area contributed by atoms with Gasteiger partial charge < -0.3 is 9.84 Å². The lowest BCUT2D eigenvalue weighted by atomic mass is 10.1. The van der Waals surface area contributed by atoms with Gasteiger partial charge in [-0.2, -0.15) is 0 Å². The number of halogens is 1. The second kappa shape index (κ2) is 5.08. The number of ether oxygens (including phenoxy) is 1. The maximum atomic E-state index is 13.6. The van der Waals surface area contributed by atoms with Crippen molar-refractivity contribution in [3.8, 4) is 5.75 Å². The van der Waals surface area contributed by atoms with Crippen molar-refractivity contribution in [2.24, 2.45) is 0 Å². The summed E-state index contributed by atoms with van der Waals surface area (Å²) in [4.78, 5) is 11.5. The molecule has 0 saturated heterocycles. The largest absolute Gasteiger partial charge is 0.491 e. The molecule has 18 heavy (non-hydrogen) atoms. The number of aromatic amines is 2. The van der Waals surface area contributed by atoms with Crippen molar-refractivity contribution in [3.05, 3.63) is 51.2 Å². The summed E-state index contributed by atoms with van der Waals surface area (Å²) in [5, 5.41) is 5.25. The predicted octanol–water partition coefficient (Wildman–Crippen LogP) is 2.14. The molecule has 96 valence electrons. The van der Waals surface area contributed by atoms with Crippen LogP contribution in [0.4, 0.5) is 4.39 Å². The molecule has 2 N–H and O–H groups in total. The molecule has 0 radical (unpaired) electrons. The molecule has 0 amide bonds. The minimum absolute atomic E-state index is 0.165. The molecule has 1 heterocycles. The van der Waals surface area contributed by atoms with Crippen molar-refractivity contribution in [1.82, 2.24) is 10.2 Å². The quantitative estimate of drug-likeness (QED) is 0.873. The van der Waals surface area contributed by atoms with Gasteiger partial charge in [-0.1, -0.05) is 6.07 Å². The first kappa shape index (κ1) is 12.4. The van der Waals surface area contributed by atoms with Crippen molar-refractivity contribution in [1.29, 1.82) is 0 Å². The van der Waals surface area contributed by atoms with E-state index in [-0.39, 0.29) is 11.3 Å². The number of rotatable bonds is 4. The first-order valence-corrected chi connectivity index (χ1v) is 5.79. The van der Waals surface area contributed by atoms with Crippen molar-refractivity contribution in [2.45, 2.75) is 20.3 Å². The summed E-state index contributed by atoms with van der Waals surface area (Å²) >= 11 is 0. The van der Waals surface area contributed by atoms with Crippen molar-refractivity contribution < 1.29 is 9.13 Å². The fourth-order valence-electron chi connectivity index (χ4n) is 1.82. The Balaban J connectivity index is 2.25. The third-order valence-corrected chi connectivity index (χ3v) is 2.77. The van der Waals surface area contributed by atoms with Gasteiger partial charge in [0.25, 0.3) is 5.56 Å². The van der Waals surface area contributed by atoms with Crippen LogP contribution in [0.1, 0.15) is 23.7 Å². The fraction of sp³-hybridized carbons (Fsp3) is 0.308. The van der Waals surface area contributed by atoms with Gasteiger partial charge in [0.05, 0.1) is 6.61 Å². The first-order valence-electron chi connectivity index (χ1n) is 5.79. The van der Waals surface area contributed by atoms with E-state index < -0.39 is 5.82 Å². The number of aryl methyl sites for hydroxylation is 1. The summed E-state index contributed by atoms with van der Waals surface area (Å²) in [6.45, 7) is 4.03. The van der Waals surface area contributed by atoms with Crippen molar-refractivity contribution >= 4 is 0 Å². The summed E-state index contributed by atoms with van der Waals surface area (Å²) < 4.78 is 18.8. The number of hydrogen-bond acceptors (Lipinski definition) is 2. The highest BCUT2D eigenvalue weighted by molar-refractivity contribution is 5.33. The topological polar surface area (TPSA) is 57.9 Å². The van der Waals surface area contributed by atoms with Crippen LogP contribution in [-0.4, -0.2) is 16.8 Å². The van der Waals surface area contributed by atoms with Gasteiger partial charge in [0, 0.05) is 17.7 Å². The normalized spacial score (nSPS) is 10.6. The Morgan fingerprint density at radius 2 is 2.11 bits per heavy atom. The molecule has 0 saturated carbocycles. The molecule has 2 rings (SSSR count). The predicted molar refractivity (Wildman–Crippen MR) is 66.5 cm³/mol. The van der Waals surface area contributed by atoms with Gasteiger partial charge in [-0.3, -0.25) is 9.89 Å². The van der Waals surface area contributed by atoms with Crippen LogP contribution in [0.15, 0.2) is 23.0 Å². The van der Waals surface area contributed by atoms with E-state index in [0.29, 0.717) is 18.6 Å². The first-order chi connectivity index (χ1) is 8.61. The molecule has 4 nitrogen and oxygen atoms in total. The highest BCUT2D eigenvalue weighted by Gasteiger charge is 2.09. The van der Waals surface area contributed by atoms with Gasteiger partial charge in [0.15, 0.2) is 11.6 Å². The lowest BCUT2D eigenvalue weighted by molar-refractivity contribution is 0.321. The third kappa shape index (κ3) is 2.45. The van der Waals surface area contributed by atoms with Gasteiger partial charge >= 0.3 is 0 Å². The second-order valence-electron chi connectivity index (χ2n) is 4.06. The highest BCUT2D eigenvalue weighted by Crippen LogP contribution is 2.19. The monoisotopic (exact) mass is 250 g/mol. The Morgan fingerprint density at radius 3 is 2.67 bits per heavy atom. The average molecular weight is 250 g/mol. The molecule has 0 fully saturated rings. The highest BCUT2D eigenvalue weighted by atomic mass is 19.1.